The number of hydrogen-bond acceptors (Lipinski definition) is 5. The largest absolute Gasteiger partial charge is 0.324 e. The highest BCUT2D eigenvalue weighted by molar-refractivity contribution is 6.00. The fourth-order valence-corrected chi connectivity index (χ4v) is 2.30. The van der Waals surface area contributed by atoms with Crippen molar-refractivity contribution in [2.75, 3.05) is 5.32 Å². The molecule has 0 aliphatic heterocycles. The molecule has 116 valence electrons. The number of tetrazole rings is 1. The summed E-state index contributed by atoms with van der Waals surface area (Å²) in [5.74, 6) is 0.615. The maximum Gasteiger partial charge on any atom is 0.244 e. The van der Waals surface area contributed by atoms with Crippen LogP contribution in [0.1, 0.15) is 31.7 Å². The van der Waals surface area contributed by atoms with Crippen LogP contribution in [-0.2, 0) is 4.79 Å². The zero-order chi connectivity index (χ0) is 14.4. The Balaban J connectivity index is 0.00000144. The van der Waals surface area contributed by atoms with Gasteiger partial charge in [-0.3, -0.25) is 4.79 Å². The van der Waals surface area contributed by atoms with Crippen LogP contribution in [0.3, 0.4) is 0 Å². The highest BCUT2D eigenvalue weighted by Crippen LogP contribution is 2.37. The van der Waals surface area contributed by atoms with Gasteiger partial charge < -0.3 is 11.1 Å². The maximum atomic E-state index is 12.0. The van der Waals surface area contributed by atoms with Crippen molar-refractivity contribution >= 4 is 24.0 Å². The lowest BCUT2D eigenvalue weighted by atomic mass is 10.1. The van der Waals surface area contributed by atoms with Gasteiger partial charge in [0.1, 0.15) is 0 Å². The predicted molar refractivity (Wildman–Crippen MR) is 83.6 cm³/mol. The summed E-state index contributed by atoms with van der Waals surface area (Å²) in [5.41, 5.74) is 6.84. The third-order valence-corrected chi connectivity index (χ3v) is 4.01. The van der Waals surface area contributed by atoms with Crippen LogP contribution in [0.5, 0.6) is 0 Å². The van der Waals surface area contributed by atoms with Gasteiger partial charge in [0, 0.05) is 11.3 Å². The van der Waals surface area contributed by atoms with Crippen LogP contribution >= 0.6 is 12.4 Å². The summed E-state index contributed by atoms with van der Waals surface area (Å²) in [6.45, 7) is 0. The summed E-state index contributed by atoms with van der Waals surface area (Å²) in [6.07, 6.45) is 3.73. The molecule has 1 aromatic heterocycles. The Bertz CT molecular complexity index is 707. The molecule has 0 unspecified atom stereocenters. The molecule has 3 N–H and O–H groups in total. The quantitative estimate of drug-likeness (QED) is 0.890. The Labute approximate surface area is 133 Å². The summed E-state index contributed by atoms with van der Waals surface area (Å²) in [4.78, 5) is 12.0. The zero-order valence-corrected chi connectivity index (χ0v) is 12.7. The molecule has 7 nitrogen and oxygen atoms in total. The van der Waals surface area contributed by atoms with E-state index in [1.165, 1.54) is 0 Å². The molecule has 0 atom stereocenters. The Morgan fingerprint density at radius 3 is 2.82 bits per heavy atom. The predicted octanol–water partition coefficient (Wildman–Crippen LogP) is 1.53. The molecule has 2 fully saturated rings. The first-order chi connectivity index (χ1) is 10.2. The summed E-state index contributed by atoms with van der Waals surface area (Å²) in [6, 6.07) is 7.96. The molecular weight excluding hydrogens is 304 g/mol. The van der Waals surface area contributed by atoms with E-state index < -0.39 is 5.54 Å². The van der Waals surface area contributed by atoms with Crippen LogP contribution in [-0.4, -0.2) is 31.7 Å². The minimum atomic E-state index is -0.675. The van der Waals surface area contributed by atoms with E-state index in [2.05, 4.69) is 20.8 Å². The van der Waals surface area contributed by atoms with Gasteiger partial charge in [-0.05, 0) is 48.2 Å². The molecule has 8 heteroatoms. The minimum Gasteiger partial charge on any atom is -0.324 e. The number of nitrogens with two attached hydrogens (primary N) is 1. The number of benzene rings is 1. The Kier molecular flexibility index (Phi) is 3.62. The summed E-state index contributed by atoms with van der Waals surface area (Å²) < 4.78 is 1.85. The first kappa shape index (κ1) is 14.9. The van der Waals surface area contributed by atoms with Crippen molar-refractivity contribution in [3.8, 4) is 11.4 Å². The minimum absolute atomic E-state index is 0. The average Bonchev–Trinajstić information content (AvgIpc) is 3.41. The van der Waals surface area contributed by atoms with Gasteiger partial charge in [0.15, 0.2) is 5.82 Å². The van der Waals surface area contributed by atoms with E-state index in [-0.39, 0.29) is 18.3 Å². The number of nitrogens with one attached hydrogen (secondary N) is 1. The number of carbonyl (C=O) groups excluding carboxylic acids is 1. The molecule has 1 amide bonds. The molecule has 22 heavy (non-hydrogen) atoms. The number of rotatable bonds is 4. The third kappa shape index (κ3) is 2.69. The summed E-state index contributed by atoms with van der Waals surface area (Å²) in [5, 5.41) is 14.8. The van der Waals surface area contributed by atoms with Crippen LogP contribution in [0.2, 0.25) is 0 Å². The molecule has 0 spiro atoms. The van der Waals surface area contributed by atoms with Crippen molar-refractivity contribution in [3.05, 3.63) is 24.3 Å². The average molecular weight is 321 g/mol. The summed E-state index contributed by atoms with van der Waals surface area (Å²) in [7, 11) is 0. The van der Waals surface area contributed by atoms with Crippen molar-refractivity contribution < 1.29 is 4.79 Å². The number of halogens is 1. The zero-order valence-electron chi connectivity index (χ0n) is 11.9. The van der Waals surface area contributed by atoms with E-state index in [4.69, 9.17) is 5.73 Å². The topological polar surface area (TPSA) is 98.7 Å². The van der Waals surface area contributed by atoms with Crippen LogP contribution in [0.15, 0.2) is 24.3 Å². The van der Waals surface area contributed by atoms with Crippen molar-refractivity contribution in [2.24, 2.45) is 5.73 Å². The standard InChI is InChI=1S/C14H16N6O.ClH/c15-14(6-7-14)13(21)16-10-3-1-2-9(8-10)12-17-18-19-20(12)11-4-5-11;/h1-3,8,11H,4-7,15H2,(H,16,21);1H. The first-order valence-electron chi connectivity index (χ1n) is 7.14. The highest BCUT2D eigenvalue weighted by Gasteiger charge is 2.45. The van der Waals surface area contributed by atoms with Gasteiger partial charge in [-0.15, -0.1) is 17.5 Å². The number of nitrogens with zero attached hydrogens (tertiary/aromatic N) is 4. The molecule has 2 saturated carbocycles. The van der Waals surface area contributed by atoms with Crippen molar-refractivity contribution in [1.29, 1.82) is 0 Å². The molecule has 2 aliphatic rings. The maximum absolute atomic E-state index is 12.0. The molecule has 0 radical (unpaired) electrons. The molecule has 4 rings (SSSR count). The second-order valence-corrected chi connectivity index (χ2v) is 5.87. The lowest BCUT2D eigenvalue weighted by Gasteiger charge is -2.11. The smallest absolute Gasteiger partial charge is 0.244 e. The number of amides is 1. The van der Waals surface area contributed by atoms with Crippen LogP contribution in [0.25, 0.3) is 11.4 Å². The summed E-state index contributed by atoms with van der Waals surface area (Å²) >= 11 is 0. The normalized spacial score (nSPS) is 18.4. The molecule has 2 aliphatic carbocycles. The van der Waals surface area contributed by atoms with Gasteiger partial charge in [0.2, 0.25) is 5.91 Å². The van der Waals surface area contributed by atoms with E-state index >= 15 is 0 Å². The molecule has 1 aromatic carbocycles. The Morgan fingerprint density at radius 2 is 2.14 bits per heavy atom. The van der Waals surface area contributed by atoms with E-state index in [0.717, 1.165) is 42.8 Å². The van der Waals surface area contributed by atoms with Crippen LogP contribution in [0.4, 0.5) is 5.69 Å². The number of carbonyl (C=O) groups is 1. The van der Waals surface area contributed by atoms with Gasteiger partial charge in [-0.25, -0.2) is 4.68 Å². The van der Waals surface area contributed by atoms with Crippen molar-refractivity contribution in [1.82, 2.24) is 20.2 Å². The van der Waals surface area contributed by atoms with Gasteiger partial charge >= 0.3 is 0 Å². The monoisotopic (exact) mass is 320 g/mol. The Morgan fingerprint density at radius 1 is 1.36 bits per heavy atom. The fraction of sp³-hybridized carbons (Fsp3) is 0.429. The molecule has 2 aromatic rings. The lowest BCUT2D eigenvalue weighted by Crippen LogP contribution is -2.37. The second-order valence-electron chi connectivity index (χ2n) is 5.87. The number of hydrogen-bond donors (Lipinski definition) is 2. The van der Waals surface area contributed by atoms with Gasteiger partial charge in [0.05, 0.1) is 11.6 Å². The van der Waals surface area contributed by atoms with Crippen molar-refractivity contribution in [3.63, 3.8) is 0 Å². The molecule has 0 bridgehead atoms. The molecule has 1 heterocycles. The van der Waals surface area contributed by atoms with Crippen LogP contribution < -0.4 is 11.1 Å². The van der Waals surface area contributed by atoms with Gasteiger partial charge in [-0.2, -0.15) is 0 Å². The first-order valence-corrected chi connectivity index (χ1v) is 7.14. The van der Waals surface area contributed by atoms with E-state index in [9.17, 15) is 4.79 Å². The third-order valence-electron chi connectivity index (χ3n) is 4.01. The van der Waals surface area contributed by atoms with Gasteiger partial charge in [-0.1, -0.05) is 12.1 Å². The molecular formula is C14H17ClN6O. The van der Waals surface area contributed by atoms with E-state index in [1.807, 2.05) is 28.9 Å². The van der Waals surface area contributed by atoms with Crippen LogP contribution in [0, 0.1) is 0 Å². The number of anilines is 1. The Hall–Kier alpha value is -1.99. The second kappa shape index (κ2) is 5.33. The fourth-order valence-electron chi connectivity index (χ4n) is 2.30. The van der Waals surface area contributed by atoms with Crippen molar-refractivity contribution in [2.45, 2.75) is 37.3 Å². The van der Waals surface area contributed by atoms with E-state index in [0.29, 0.717) is 6.04 Å². The lowest BCUT2D eigenvalue weighted by molar-refractivity contribution is -0.118. The SMILES string of the molecule is Cl.NC1(C(=O)Nc2cccc(-c3nnnn3C3CC3)c2)CC1. The van der Waals surface area contributed by atoms with Gasteiger partial charge in [0.25, 0.3) is 0 Å². The molecule has 0 saturated heterocycles. The highest BCUT2D eigenvalue weighted by atomic mass is 35.5. The van der Waals surface area contributed by atoms with E-state index in [1.54, 1.807) is 0 Å². The number of aromatic nitrogens is 4.